The van der Waals surface area contributed by atoms with E-state index in [-0.39, 0.29) is 5.75 Å². The van der Waals surface area contributed by atoms with Crippen molar-refractivity contribution in [3.05, 3.63) is 28.8 Å². The van der Waals surface area contributed by atoms with Gasteiger partial charge in [0.1, 0.15) is 5.75 Å². The second-order valence-corrected chi connectivity index (χ2v) is 3.61. The van der Waals surface area contributed by atoms with Crippen LogP contribution < -0.4 is 0 Å². The van der Waals surface area contributed by atoms with E-state index >= 15 is 0 Å². The molecule has 3 heteroatoms. The van der Waals surface area contributed by atoms with Crippen molar-refractivity contribution in [3.8, 4) is 17.6 Å². The number of phenolic OH excluding ortho intramolecular Hbond substituents is 1. The van der Waals surface area contributed by atoms with E-state index < -0.39 is 0 Å². The van der Waals surface area contributed by atoms with Gasteiger partial charge in [0.15, 0.2) is 0 Å². The highest BCUT2D eigenvalue weighted by molar-refractivity contribution is 9.09. The summed E-state index contributed by atoms with van der Waals surface area (Å²) in [5.74, 6) is 5.99. The summed E-state index contributed by atoms with van der Waals surface area (Å²) >= 11 is 8.98. The normalized spacial score (nSPS) is 9.08. The van der Waals surface area contributed by atoms with Gasteiger partial charge in [-0.15, -0.1) is 0 Å². The summed E-state index contributed by atoms with van der Waals surface area (Å²) in [6.07, 6.45) is 0.804. The molecule has 0 aromatic heterocycles. The molecule has 0 aliphatic carbocycles. The van der Waals surface area contributed by atoms with Crippen LogP contribution in [0.4, 0.5) is 0 Å². The Balaban J connectivity index is 2.81. The summed E-state index contributed by atoms with van der Waals surface area (Å²) < 4.78 is 0. The van der Waals surface area contributed by atoms with Gasteiger partial charge in [-0.25, -0.2) is 0 Å². The molecule has 0 aliphatic heterocycles. The average Bonchev–Trinajstić information content (AvgIpc) is 2.12. The Bertz CT molecular complexity index is 352. The number of rotatable bonds is 1. The minimum absolute atomic E-state index is 0.0905. The van der Waals surface area contributed by atoms with Gasteiger partial charge in [0.05, 0.1) is 5.02 Å². The predicted molar refractivity (Wildman–Crippen MR) is 58.4 cm³/mol. The highest BCUT2D eigenvalue weighted by Crippen LogP contribution is 2.22. The van der Waals surface area contributed by atoms with E-state index in [4.69, 9.17) is 16.7 Å². The third-order valence-electron chi connectivity index (χ3n) is 1.40. The van der Waals surface area contributed by atoms with E-state index in [1.807, 2.05) is 0 Å². The van der Waals surface area contributed by atoms with Gasteiger partial charge in [0, 0.05) is 17.3 Å². The van der Waals surface area contributed by atoms with Crippen molar-refractivity contribution in [2.75, 3.05) is 5.33 Å². The van der Waals surface area contributed by atoms with E-state index in [2.05, 4.69) is 27.8 Å². The zero-order valence-electron chi connectivity index (χ0n) is 6.85. The fraction of sp³-hybridized carbons (Fsp3) is 0.200. The van der Waals surface area contributed by atoms with Crippen LogP contribution in [0.1, 0.15) is 12.0 Å². The standard InChI is InChI=1S/C10H8BrClO/c11-6-2-1-3-8-4-5-10(13)9(12)7-8/h4-5,7,13H,2,6H2. The molecule has 1 rings (SSSR count). The topological polar surface area (TPSA) is 20.2 Å². The first kappa shape index (κ1) is 10.4. The number of alkyl halides is 1. The first-order valence-corrected chi connectivity index (χ1v) is 5.27. The molecule has 0 bridgehead atoms. The number of hydrogen-bond acceptors (Lipinski definition) is 1. The van der Waals surface area contributed by atoms with Crippen molar-refractivity contribution < 1.29 is 5.11 Å². The Labute approximate surface area is 90.9 Å². The Hall–Kier alpha value is -0.650. The fourth-order valence-electron chi connectivity index (χ4n) is 0.796. The SMILES string of the molecule is Oc1ccc(C#CCCBr)cc1Cl. The quantitative estimate of drug-likeness (QED) is 0.607. The van der Waals surface area contributed by atoms with Crippen molar-refractivity contribution in [3.63, 3.8) is 0 Å². The van der Waals surface area contributed by atoms with Crippen LogP contribution in [0.25, 0.3) is 0 Å². The summed E-state index contributed by atoms with van der Waals surface area (Å²) in [7, 11) is 0. The molecule has 0 saturated heterocycles. The van der Waals surface area contributed by atoms with E-state index in [0.29, 0.717) is 5.02 Å². The molecule has 1 aromatic rings. The van der Waals surface area contributed by atoms with E-state index in [0.717, 1.165) is 17.3 Å². The zero-order chi connectivity index (χ0) is 9.68. The van der Waals surface area contributed by atoms with Gasteiger partial charge in [0.25, 0.3) is 0 Å². The minimum atomic E-state index is 0.0905. The van der Waals surface area contributed by atoms with E-state index in [9.17, 15) is 0 Å². The third-order valence-corrected chi connectivity index (χ3v) is 2.10. The first-order valence-electron chi connectivity index (χ1n) is 3.77. The second kappa shape index (κ2) is 5.16. The molecule has 13 heavy (non-hydrogen) atoms. The number of halogens is 2. The molecule has 1 nitrogen and oxygen atoms in total. The molecule has 0 unspecified atom stereocenters. The van der Waals surface area contributed by atoms with Crippen molar-refractivity contribution >= 4 is 27.5 Å². The molecular weight excluding hydrogens is 251 g/mol. The van der Waals surface area contributed by atoms with Gasteiger partial charge in [-0.1, -0.05) is 39.4 Å². The number of hydrogen-bond donors (Lipinski definition) is 1. The van der Waals surface area contributed by atoms with Crippen LogP contribution in [-0.4, -0.2) is 10.4 Å². The molecule has 0 radical (unpaired) electrons. The summed E-state index contributed by atoms with van der Waals surface area (Å²) in [6.45, 7) is 0. The Morgan fingerprint density at radius 1 is 1.46 bits per heavy atom. The molecule has 0 saturated carbocycles. The maximum absolute atomic E-state index is 9.13. The molecule has 1 aromatic carbocycles. The molecule has 0 atom stereocenters. The Kier molecular flexibility index (Phi) is 4.14. The van der Waals surface area contributed by atoms with Crippen LogP contribution in [0.5, 0.6) is 5.75 Å². The lowest BCUT2D eigenvalue weighted by atomic mass is 10.2. The molecule has 0 spiro atoms. The van der Waals surface area contributed by atoms with Gasteiger partial charge in [0.2, 0.25) is 0 Å². The van der Waals surface area contributed by atoms with Crippen LogP contribution in [-0.2, 0) is 0 Å². The molecule has 1 N–H and O–H groups in total. The van der Waals surface area contributed by atoms with Crippen molar-refractivity contribution in [1.29, 1.82) is 0 Å². The summed E-state index contributed by atoms with van der Waals surface area (Å²) in [5.41, 5.74) is 0.823. The monoisotopic (exact) mass is 258 g/mol. The lowest BCUT2D eigenvalue weighted by molar-refractivity contribution is 0.475. The van der Waals surface area contributed by atoms with Gasteiger partial charge >= 0.3 is 0 Å². The van der Waals surface area contributed by atoms with Crippen molar-refractivity contribution in [2.24, 2.45) is 0 Å². The zero-order valence-corrected chi connectivity index (χ0v) is 9.19. The maximum Gasteiger partial charge on any atom is 0.134 e. The fourth-order valence-corrected chi connectivity index (χ4v) is 1.18. The van der Waals surface area contributed by atoms with Crippen LogP contribution in [0.15, 0.2) is 18.2 Å². The van der Waals surface area contributed by atoms with Gasteiger partial charge in [-0.3, -0.25) is 0 Å². The number of phenols is 1. The smallest absolute Gasteiger partial charge is 0.134 e. The first-order chi connectivity index (χ1) is 6.24. The highest BCUT2D eigenvalue weighted by Gasteiger charge is 1.96. The Morgan fingerprint density at radius 2 is 2.23 bits per heavy atom. The lowest BCUT2D eigenvalue weighted by Crippen LogP contribution is -1.75. The van der Waals surface area contributed by atoms with Gasteiger partial charge < -0.3 is 5.11 Å². The molecule has 0 heterocycles. The summed E-state index contributed by atoms with van der Waals surface area (Å²) in [6, 6.07) is 4.93. The lowest BCUT2D eigenvalue weighted by Gasteiger charge is -1.95. The van der Waals surface area contributed by atoms with Crippen LogP contribution in [0, 0.1) is 11.8 Å². The molecule has 0 amide bonds. The van der Waals surface area contributed by atoms with Gasteiger partial charge in [-0.05, 0) is 18.2 Å². The van der Waals surface area contributed by atoms with Crippen molar-refractivity contribution in [1.82, 2.24) is 0 Å². The summed E-state index contributed by atoms with van der Waals surface area (Å²) in [5, 5.41) is 10.3. The molecule has 0 aliphatic rings. The predicted octanol–water partition coefficient (Wildman–Crippen LogP) is 3.18. The second-order valence-electron chi connectivity index (χ2n) is 2.41. The highest BCUT2D eigenvalue weighted by atomic mass is 79.9. The molecule has 68 valence electrons. The average molecular weight is 260 g/mol. The minimum Gasteiger partial charge on any atom is -0.506 e. The van der Waals surface area contributed by atoms with Gasteiger partial charge in [-0.2, -0.15) is 0 Å². The summed E-state index contributed by atoms with van der Waals surface area (Å²) in [4.78, 5) is 0. The van der Waals surface area contributed by atoms with Crippen LogP contribution in [0.3, 0.4) is 0 Å². The number of benzene rings is 1. The largest absolute Gasteiger partial charge is 0.506 e. The molecular formula is C10H8BrClO. The molecule has 0 fully saturated rings. The Morgan fingerprint density at radius 3 is 2.85 bits per heavy atom. The van der Waals surface area contributed by atoms with E-state index in [1.54, 1.807) is 18.2 Å². The van der Waals surface area contributed by atoms with E-state index in [1.165, 1.54) is 0 Å². The maximum atomic E-state index is 9.13. The van der Waals surface area contributed by atoms with Crippen LogP contribution >= 0.6 is 27.5 Å². The van der Waals surface area contributed by atoms with Crippen LogP contribution in [0.2, 0.25) is 5.02 Å². The third kappa shape index (κ3) is 3.30. The van der Waals surface area contributed by atoms with Crippen molar-refractivity contribution in [2.45, 2.75) is 6.42 Å². The number of aromatic hydroxyl groups is 1.